The molecule has 1 aromatic carbocycles. The van der Waals surface area contributed by atoms with E-state index in [0.717, 1.165) is 5.56 Å². The zero-order chi connectivity index (χ0) is 20.4. The van der Waals surface area contributed by atoms with Gasteiger partial charge in [0.1, 0.15) is 23.5 Å². The molecule has 1 N–H and O–H groups in total. The van der Waals surface area contributed by atoms with Gasteiger partial charge in [-0.25, -0.2) is 4.39 Å². The Morgan fingerprint density at radius 3 is 2.61 bits per heavy atom. The molecule has 0 saturated heterocycles. The fraction of sp³-hybridized carbons (Fsp3) is 0.474. The Morgan fingerprint density at radius 2 is 2.00 bits per heavy atom. The van der Waals surface area contributed by atoms with Crippen LogP contribution in [0.15, 0.2) is 24.3 Å². The Hall–Kier alpha value is -2.81. The van der Waals surface area contributed by atoms with Crippen molar-refractivity contribution in [1.82, 2.24) is 24.6 Å². The van der Waals surface area contributed by atoms with E-state index in [2.05, 4.69) is 10.2 Å². The maximum absolute atomic E-state index is 13.2. The number of nitrogens with zero attached hydrogens (tertiary/aromatic N) is 5. The van der Waals surface area contributed by atoms with Gasteiger partial charge in [-0.15, -0.1) is 10.2 Å². The summed E-state index contributed by atoms with van der Waals surface area (Å²) in [6.07, 6.45) is 0. The van der Waals surface area contributed by atoms with Crippen molar-refractivity contribution in [2.24, 2.45) is 0 Å². The van der Waals surface area contributed by atoms with Gasteiger partial charge in [-0.05, 0) is 38.5 Å². The molecule has 0 saturated carbocycles. The molecule has 2 unspecified atom stereocenters. The molecular formula is C19H24FN5O3. The van der Waals surface area contributed by atoms with Crippen LogP contribution in [0.25, 0.3) is 0 Å². The molecule has 0 radical (unpaired) electrons. The van der Waals surface area contributed by atoms with E-state index in [1.54, 1.807) is 33.4 Å². The minimum atomic E-state index is -0.985. The molecule has 0 fully saturated rings. The van der Waals surface area contributed by atoms with Crippen molar-refractivity contribution in [3.05, 3.63) is 47.3 Å². The molecule has 0 aliphatic carbocycles. The SMILES string of the molecule is CCN(C(=O)CN1Cc2nnc(C)n2CC1C(=O)O)C(C)c1ccc(F)cc1. The maximum Gasteiger partial charge on any atom is 0.322 e. The van der Waals surface area contributed by atoms with E-state index in [4.69, 9.17) is 0 Å². The lowest BCUT2D eigenvalue weighted by atomic mass is 10.1. The van der Waals surface area contributed by atoms with E-state index < -0.39 is 12.0 Å². The van der Waals surface area contributed by atoms with Crippen molar-refractivity contribution in [3.63, 3.8) is 0 Å². The van der Waals surface area contributed by atoms with Crippen LogP contribution in [-0.4, -0.2) is 60.7 Å². The summed E-state index contributed by atoms with van der Waals surface area (Å²) in [5.74, 6) is -0.191. The standard InChI is InChI=1S/C19H24FN5O3/c1-4-24(12(2)14-5-7-15(20)8-6-14)18(26)11-23-10-17-22-21-13(3)25(17)9-16(23)19(27)28/h5-8,12,16H,4,9-11H2,1-3H3,(H,27,28). The number of hydrogen-bond acceptors (Lipinski definition) is 5. The third-order valence-electron chi connectivity index (χ3n) is 5.26. The molecule has 2 atom stereocenters. The molecule has 0 spiro atoms. The normalized spacial score (nSPS) is 17.8. The Bertz CT molecular complexity index is 867. The summed E-state index contributed by atoms with van der Waals surface area (Å²) in [5.41, 5.74) is 0.820. The number of aliphatic carboxylic acids is 1. The van der Waals surface area contributed by atoms with Crippen LogP contribution >= 0.6 is 0 Å². The highest BCUT2D eigenvalue weighted by atomic mass is 19.1. The first-order valence-electron chi connectivity index (χ1n) is 9.22. The minimum absolute atomic E-state index is 0.0394. The molecule has 2 heterocycles. The van der Waals surface area contributed by atoms with Crippen molar-refractivity contribution < 1.29 is 19.1 Å². The Balaban J connectivity index is 1.77. The number of benzene rings is 1. The summed E-state index contributed by atoms with van der Waals surface area (Å²) < 4.78 is 15.0. The van der Waals surface area contributed by atoms with Crippen LogP contribution in [0, 0.1) is 12.7 Å². The summed E-state index contributed by atoms with van der Waals surface area (Å²) >= 11 is 0. The lowest BCUT2D eigenvalue weighted by Crippen LogP contribution is -2.52. The van der Waals surface area contributed by atoms with Gasteiger partial charge < -0.3 is 14.6 Å². The first kappa shape index (κ1) is 19.9. The molecule has 150 valence electrons. The summed E-state index contributed by atoms with van der Waals surface area (Å²) in [7, 11) is 0. The molecular weight excluding hydrogens is 365 g/mol. The first-order chi connectivity index (χ1) is 13.3. The second-order valence-electron chi connectivity index (χ2n) is 6.94. The average Bonchev–Trinajstić information content (AvgIpc) is 3.02. The summed E-state index contributed by atoms with van der Waals surface area (Å²) in [5, 5.41) is 17.7. The molecule has 1 aromatic heterocycles. The van der Waals surface area contributed by atoms with Crippen LogP contribution in [0.5, 0.6) is 0 Å². The number of carbonyl (C=O) groups is 2. The van der Waals surface area contributed by atoms with Gasteiger partial charge in [0.15, 0.2) is 0 Å². The predicted molar refractivity (Wildman–Crippen MR) is 98.8 cm³/mol. The van der Waals surface area contributed by atoms with Crippen molar-refractivity contribution in [2.45, 2.75) is 45.9 Å². The fourth-order valence-corrected chi connectivity index (χ4v) is 3.61. The number of rotatable bonds is 6. The number of hydrogen-bond donors (Lipinski definition) is 1. The number of aryl methyl sites for hydroxylation is 1. The van der Waals surface area contributed by atoms with Gasteiger partial charge in [0.25, 0.3) is 0 Å². The summed E-state index contributed by atoms with van der Waals surface area (Å²) in [6.45, 7) is 6.38. The van der Waals surface area contributed by atoms with Crippen molar-refractivity contribution in [2.75, 3.05) is 13.1 Å². The highest BCUT2D eigenvalue weighted by Gasteiger charge is 2.35. The lowest BCUT2D eigenvalue weighted by Gasteiger charge is -2.35. The van der Waals surface area contributed by atoms with Crippen molar-refractivity contribution in [1.29, 1.82) is 0 Å². The smallest absolute Gasteiger partial charge is 0.322 e. The largest absolute Gasteiger partial charge is 0.480 e. The second kappa shape index (κ2) is 8.05. The lowest BCUT2D eigenvalue weighted by molar-refractivity contribution is -0.147. The number of amides is 1. The number of carboxylic acids is 1. The first-order valence-corrected chi connectivity index (χ1v) is 9.22. The summed E-state index contributed by atoms with van der Waals surface area (Å²) in [4.78, 5) is 28.0. The monoisotopic (exact) mass is 389 g/mol. The zero-order valence-electron chi connectivity index (χ0n) is 16.2. The quantitative estimate of drug-likeness (QED) is 0.807. The third kappa shape index (κ3) is 3.89. The highest BCUT2D eigenvalue weighted by molar-refractivity contribution is 5.80. The number of halogens is 1. The van der Waals surface area contributed by atoms with Crippen LogP contribution in [0.4, 0.5) is 4.39 Å². The van der Waals surface area contributed by atoms with Gasteiger partial charge in [-0.3, -0.25) is 14.5 Å². The number of fused-ring (bicyclic) bond motifs is 1. The molecule has 1 amide bonds. The van der Waals surface area contributed by atoms with E-state index in [-0.39, 0.29) is 37.4 Å². The van der Waals surface area contributed by atoms with Crippen molar-refractivity contribution >= 4 is 11.9 Å². The zero-order valence-corrected chi connectivity index (χ0v) is 16.2. The minimum Gasteiger partial charge on any atom is -0.480 e. The molecule has 1 aliphatic heterocycles. The second-order valence-corrected chi connectivity index (χ2v) is 6.94. The predicted octanol–water partition coefficient (Wildman–Crippen LogP) is 1.60. The van der Waals surface area contributed by atoms with Gasteiger partial charge in [0, 0.05) is 6.54 Å². The average molecular weight is 389 g/mol. The van der Waals surface area contributed by atoms with Crippen LogP contribution in [0.1, 0.15) is 37.1 Å². The van der Waals surface area contributed by atoms with Crippen LogP contribution in [-0.2, 0) is 22.7 Å². The number of carbonyl (C=O) groups excluding carboxylic acids is 1. The Kier molecular flexibility index (Phi) is 5.73. The molecule has 3 rings (SSSR count). The molecule has 2 aromatic rings. The molecule has 8 nitrogen and oxygen atoms in total. The Morgan fingerprint density at radius 1 is 1.32 bits per heavy atom. The van der Waals surface area contributed by atoms with Crippen LogP contribution in [0.3, 0.4) is 0 Å². The van der Waals surface area contributed by atoms with E-state index in [1.165, 1.54) is 12.1 Å². The van der Waals surface area contributed by atoms with Gasteiger partial charge in [-0.1, -0.05) is 12.1 Å². The molecule has 1 aliphatic rings. The van der Waals surface area contributed by atoms with Crippen molar-refractivity contribution in [3.8, 4) is 0 Å². The van der Waals surface area contributed by atoms with Crippen LogP contribution in [0.2, 0.25) is 0 Å². The highest BCUT2D eigenvalue weighted by Crippen LogP contribution is 2.23. The maximum atomic E-state index is 13.2. The number of carboxylic acid groups (broad SMARTS) is 1. The number of aromatic nitrogens is 3. The molecule has 0 bridgehead atoms. The van der Waals surface area contributed by atoms with Gasteiger partial charge in [0.05, 0.1) is 25.7 Å². The molecule has 28 heavy (non-hydrogen) atoms. The topological polar surface area (TPSA) is 91.6 Å². The van der Waals surface area contributed by atoms with Gasteiger partial charge >= 0.3 is 5.97 Å². The fourth-order valence-electron chi connectivity index (χ4n) is 3.61. The number of likely N-dealkylation sites (N-methyl/N-ethyl adjacent to an activating group) is 1. The van der Waals surface area contributed by atoms with Crippen LogP contribution < -0.4 is 0 Å². The van der Waals surface area contributed by atoms with Gasteiger partial charge in [-0.2, -0.15) is 0 Å². The summed E-state index contributed by atoms with van der Waals surface area (Å²) in [6, 6.07) is 4.96. The van der Waals surface area contributed by atoms with E-state index >= 15 is 0 Å². The van der Waals surface area contributed by atoms with Gasteiger partial charge in [0.2, 0.25) is 5.91 Å². The van der Waals surface area contributed by atoms with E-state index in [1.807, 2.05) is 13.8 Å². The van der Waals surface area contributed by atoms with E-state index in [9.17, 15) is 19.1 Å². The molecule has 9 heteroatoms. The van der Waals surface area contributed by atoms with E-state index in [0.29, 0.717) is 18.2 Å². The third-order valence-corrected chi connectivity index (χ3v) is 5.26. The Labute approximate surface area is 162 Å².